The molecule has 0 aromatic heterocycles. The highest BCUT2D eigenvalue weighted by Gasteiger charge is 2.43. The smallest absolute Gasteiger partial charge is 0.372 e. The van der Waals surface area contributed by atoms with Crippen LogP contribution in [0.5, 0.6) is 0 Å². The number of aliphatic carboxylic acids is 1. The Labute approximate surface area is 104 Å². The molecule has 2 aliphatic rings. The molecule has 2 aliphatic heterocycles. The van der Waals surface area contributed by atoms with Crippen LogP contribution in [0.2, 0.25) is 0 Å². The lowest BCUT2D eigenvalue weighted by atomic mass is 10.4. The second-order valence-corrected chi connectivity index (χ2v) is 6.89. The van der Waals surface area contributed by atoms with E-state index < -0.39 is 22.2 Å². The maximum Gasteiger partial charge on any atom is 0.372 e. The minimum atomic E-state index is -3.63. The van der Waals surface area contributed by atoms with Crippen LogP contribution in [-0.4, -0.2) is 62.7 Å². The summed E-state index contributed by atoms with van der Waals surface area (Å²) in [7, 11) is -3.63. The molecule has 17 heavy (non-hydrogen) atoms. The van der Waals surface area contributed by atoms with Crippen LogP contribution in [0.25, 0.3) is 0 Å². The molecule has 2 fully saturated rings. The zero-order valence-electron chi connectivity index (χ0n) is 9.12. The van der Waals surface area contributed by atoms with Gasteiger partial charge in [-0.25, -0.2) is 0 Å². The molecule has 0 aromatic carbocycles. The maximum absolute atomic E-state index is 12.2. The fourth-order valence-corrected chi connectivity index (χ4v) is 5.42. The van der Waals surface area contributed by atoms with Crippen LogP contribution in [0.1, 0.15) is 0 Å². The Morgan fingerprint density at radius 3 is 2.65 bits per heavy atom. The number of morpholine rings is 1. The van der Waals surface area contributed by atoms with Crippen molar-refractivity contribution in [1.29, 1.82) is 0 Å². The number of hydrogen-bond donors (Lipinski definition) is 1. The molecule has 2 heterocycles. The molecule has 1 N–H and O–H groups in total. The van der Waals surface area contributed by atoms with Gasteiger partial charge in [0.2, 0.25) is 0 Å². The summed E-state index contributed by atoms with van der Waals surface area (Å²) in [6.45, 7) is 1.29. The van der Waals surface area contributed by atoms with E-state index in [-0.39, 0.29) is 29.0 Å². The Morgan fingerprint density at radius 1 is 1.41 bits per heavy atom. The molecule has 2 rings (SSSR count). The zero-order valence-corrected chi connectivity index (χ0v) is 10.8. The molecule has 2 saturated heterocycles. The summed E-state index contributed by atoms with van der Waals surface area (Å²) in [5.74, 6) is -0.777. The lowest BCUT2D eigenvalue weighted by Gasteiger charge is -2.29. The van der Waals surface area contributed by atoms with Crippen molar-refractivity contribution < 1.29 is 27.4 Å². The van der Waals surface area contributed by atoms with Crippen LogP contribution in [-0.2, 0) is 19.7 Å². The minimum absolute atomic E-state index is 0.0735. The van der Waals surface area contributed by atoms with Gasteiger partial charge in [-0.15, -0.1) is 0 Å². The fraction of sp³-hybridized carbons (Fsp3) is 0.875. The number of hydrogen-bond acceptors (Lipinski definition) is 6. The summed E-state index contributed by atoms with van der Waals surface area (Å²) in [5.41, 5.74) is 0. The number of carboxylic acids is 1. The lowest BCUT2D eigenvalue weighted by molar-refractivity contribution is -0.769. The largest absolute Gasteiger partial charge is 0.544 e. The Balaban J connectivity index is 2.16. The fourth-order valence-electron chi connectivity index (χ4n) is 1.88. The first-order valence-corrected chi connectivity index (χ1v) is 7.85. The molecule has 0 spiro atoms. The van der Waals surface area contributed by atoms with Gasteiger partial charge in [-0.1, -0.05) is 11.8 Å². The molecule has 0 radical (unpaired) electrons. The van der Waals surface area contributed by atoms with Crippen molar-refractivity contribution in [1.82, 2.24) is 4.31 Å². The Morgan fingerprint density at radius 2 is 2.06 bits per heavy atom. The molecular formula is C8H14N2O5S2. The molecule has 0 saturated carbocycles. The first-order chi connectivity index (χ1) is 8.03. The molecule has 2 atom stereocenters. The van der Waals surface area contributed by atoms with Crippen LogP contribution in [0, 0.1) is 0 Å². The normalized spacial score (nSPS) is 31.5. The van der Waals surface area contributed by atoms with Crippen molar-refractivity contribution in [2.45, 2.75) is 6.04 Å². The number of thioether (sulfide) groups is 1. The first kappa shape index (κ1) is 13.1. The van der Waals surface area contributed by atoms with E-state index in [1.54, 1.807) is 0 Å². The topological polar surface area (TPSA) is 91.2 Å². The van der Waals surface area contributed by atoms with Gasteiger partial charge in [0.25, 0.3) is 0 Å². The van der Waals surface area contributed by atoms with E-state index in [2.05, 4.69) is 0 Å². The van der Waals surface area contributed by atoms with Crippen LogP contribution in [0.4, 0.5) is 0 Å². The summed E-state index contributed by atoms with van der Waals surface area (Å²) in [6.07, 6.45) is 0. The van der Waals surface area contributed by atoms with Gasteiger partial charge in [-0.05, 0) is 0 Å². The van der Waals surface area contributed by atoms with Crippen LogP contribution in [0.3, 0.4) is 0 Å². The minimum Gasteiger partial charge on any atom is -0.544 e. The monoisotopic (exact) mass is 282 g/mol. The predicted molar refractivity (Wildman–Crippen MR) is 58.4 cm³/mol. The van der Waals surface area contributed by atoms with Gasteiger partial charge in [0.15, 0.2) is 6.04 Å². The van der Waals surface area contributed by atoms with E-state index in [1.807, 2.05) is 0 Å². The number of carbonyl (C=O) groups excluding carboxylic acids is 1. The van der Waals surface area contributed by atoms with E-state index in [1.165, 1.54) is 16.1 Å². The van der Waals surface area contributed by atoms with Crippen molar-refractivity contribution in [3.8, 4) is 0 Å². The second-order valence-electron chi connectivity index (χ2n) is 3.87. The van der Waals surface area contributed by atoms with E-state index in [4.69, 9.17) is 4.74 Å². The van der Waals surface area contributed by atoms with E-state index >= 15 is 0 Å². The van der Waals surface area contributed by atoms with Gasteiger partial charge in [-0.2, -0.15) is 17.0 Å². The number of nitrogens with one attached hydrogen (secondary N) is 1. The van der Waals surface area contributed by atoms with Gasteiger partial charge in [0, 0.05) is 13.1 Å². The molecular weight excluding hydrogens is 268 g/mol. The predicted octanol–water partition coefficient (Wildman–Crippen LogP) is -3.73. The van der Waals surface area contributed by atoms with Gasteiger partial charge in [0.1, 0.15) is 11.8 Å². The Kier molecular flexibility index (Phi) is 3.93. The van der Waals surface area contributed by atoms with E-state index in [9.17, 15) is 18.3 Å². The maximum atomic E-state index is 12.2. The Hall–Kier alpha value is -0.350. The highest BCUT2D eigenvalue weighted by Crippen LogP contribution is 2.09. The number of quaternary nitrogens is 1. The van der Waals surface area contributed by atoms with Crippen LogP contribution < -0.4 is 9.41 Å². The van der Waals surface area contributed by atoms with Gasteiger partial charge in [-0.3, -0.25) is 0 Å². The summed E-state index contributed by atoms with van der Waals surface area (Å²) in [5, 5.41) is 10.9. The third-order valence-electron chi connectivity index (χ3n) is 2.84. The summed E-state index contributed by atoms with van der Waals surface area (Å²) < 4.78 is 30.9. The number of nitrogens with zero attached hydrogens (tertiary/aromatic N) is 1. The summed E-state index contributed by atoms with van der Waals surface area (Å²) >= 11 is 1.31. The van der Waals surface area contributed by atoms with E-state index in [0.717, 1.165) is 0 Å². The van der Waals surface area contributed by atoms with Gasteiger partial charge in [0.05, 0.1) is 19.0 Å². The highest BCUT2D eigenvalue weighted by molar-refractivity contribution is 7.99. The first-order valence-electron chi connectivity index (χ1n) is 5.25. The zero-order chi connectivity index (χ0) is 12.5. The van der Waals surface area contributed by atoms with Crippen molar-refractivity contribution in [3.63, 3.8) is 0 Å². The van der Waals surface area contributed by atoms with Crippen molar-refractivity contribution in [2.24, 2.45) is 0 Å². The van der Waals surface area contributed by atoms with Crippen molar-refractivity contribution >= 4 is 27.9 Å². The van der Waals surface area contributed by atoms with Crippen molar-refractivity contribution in [3.05, 3.63) is 0 Å². The summed E-state index contributed by atoms with van der Waals surface area (Å²) in [6, 6.07) is -0.979. The molecule has 98 valence electrons. The van der Waals surface area contributed by atoms with Gasteiger partial charge >= 0.3 is 10.2 Å². The third kappa shape index (κ3) is 2.58. The van der Waals surface area contributed by atoms with Crippen LogP contribution >= 0.6 is 11.8 Å². The quantitative estimate of drug-likeness (QED) is 0.572. The number of carbonyl (C=O) groups is 1. The molecule has 0 amide bonds. The molecule has 1 unspecified atom stereocenters. The van der Waals surface area contributed by atoms with Crippen LogP contribution in [0.15, 0.2) is 0 Å². The van der Waals surface area contributed by atoms with Gasteiger partial charge < -0.3 is 14.6 Å². The third-order valence-corrected chi connectivity index (χ3v) is 6.25. The molecule has 0 bridgehead atoms. The molecule has 7 nitrogen and oxygen atoms in total. The number of rotatable bonds is 3. The molecule has 0 aromatic rings. The van der Waals surface area contributed by atoms with E-state index in [0.29, 0.717) is 13.2 Å². The number of ether oxygens (including phenoxy) is 1. The Bertz CT molecular complexity index is 393. The van der Waals surface area contributed by atoms with Crippen molar-refractivity contribution in [2.75, 3.05) is 37.9 Å². The highest BCUT2D eigenvalue weighted by atomic mass is 32.2. The standard InChI is InChI=1S/C8H14N2O5S2/c11-8(12)7-5-16-6-10(7)17(13,14)9-1-3-15-4-2-9/h7H,1-6H2,(H,11,12)/t7-/m0/s1. The SMILES string of the molecule is O=C([O-])[C@@H]1CSC[NH+]1S(=O)(=O)N1CCOCC1. The molecule has 9 heteroatoms. The molecule has 0 aliphatic carbocycles. The lowest BCUT2D eigenvalue weighted by Crippen LogP contribution is -3.18. The average molecular weight is 282 g/mol. The average Bonchev–Trinajstić information content (AvgIpc) is 2.80. The summed E-state index contributed by atoms with van der Waals surface area (Å²) in [4.78, 5) is 10.9. The second kappa shape index (κ2) is 5.11. The number of carboxylic acid groups (broad SMARTS) is 1.